The van der Waals surface area contributed by atoms with Gasteiger partial charge in [-0.25, -0.2) is 4.98 Å². The van der Waals surface area contributed by atoms with E-state index < -0.39 is 0 Å². The highest BCUT2D eigenvalue weighted by atomic mass is 32.2. The van der Waals surface area contributed by atoms with E-state index in [0.29, 0.717) is 5.92 Å². The van der Waals surface area contributed by atoms with Gasteiger partial charge in [-0.1, -0.05) is 0 Å². The van der Waals surface area contributed by atoms with Crippen LogP contribution in [0.25, 0.3) is 0 Å². The van der Waals surface area contributed by atoms with Crippen molar-refractivity contribution in [1.29, 1.82) is 0 Å². The van der Waals surface area contributed by atoms with Crippen LogP contribution in [0.15, 0.2) is 12.5 Å². The van der Waals surface area contributed by atoms with Crippen molar-refractivity contribution in [2.75, 3.05) is 11.5 Å². The summed E-state index contributed by atoms with van der Waals surface area (Å²) in [6.07, 6.45) is 5.08. The summed E-state index contributed by atoms with van der Waals surface area (Å²) in [4.78, 5) is 4.29. The molecular formula is C9H15N3S. The lowest BCUT2D eigenvalue weighted by atomic mass is 9.98. The molecule has 1 aromatic rings. The molecule has 1 fully saturated rings. The van der Waals surface area contributed by atoms with Crippen LogP contribution in [0.4, 0.5) is 0 Å². The molecule has 3 nitrogen and oxygen atoms in total. The van der Waals surface area contributed by atoms with Gasteiger partial charge < -0.3 is 10.3 Å². The molecule has 2 rings (SSSR count). The first-order chi connectivity index (χ1) is 6.27. The lowest BCUT2D eigenvalue weighted by molar-refractivity contribution is 0.474. The number of imidazole rings is 1. The molecule has 1 aliphatic rings. The number of nitrogens with two attached hydrogens (primary N) is 1. The molecule has 0 aliphatic carbocycles. The van der Waals surface area contributed by atoms with E-state index in [1.807, 2.05) is 35.9 Å². The Labute approximate surface area is 82.7 Å². The molecule has 1 aromatic heterocycles. The Morgan fingerprint density at radius 3 is 3.15 bits per heavy atom. The molecule has 72 valence electrons. The minimum absolute atomic E-state index is 0.135. The van der Waals surface area contributed by atoms with Crippen LogP contribution in [-0.2, 0) is 7.05 Å². The van der Waals surface area contributed by atoms with Gasteiger partial charge in [0.2, 0.25) is 0 Å². The lowest BCUT2D eigenvalue weighted by Gasteiger charge is -2.15. The van der Waals surface area contributed by atoms with Crippen LogP contribution >= 0.6 is 11.8 Å². The fraction of sp³-hybridized carbons (Fsp3) is 0.667. The highest BCUT2D eigenvalue weighted by Gasteiger charge is 2.24. The highest BCUT2D eigenvalue weighted by molar-refractivity contribution is 7.99. The maximum Gasteiger partial charge on any atom is 0.0947 e. The molecule has 0 aromatic carbocycles. The van der Waals surface area contributed by atoms with Crippen molar-refractivity contribution in [3.05, 3.63) is 18.2 Å². The second kappa shape index (κ2) is 3.72. The molecule has 2 heterocycles. The van der Waals surface area contributed by atoms with Gasteiger partial charge in [0.15, 0.2) is 0 Å². The largest absolute Gasteiger partial charge is 0.340 e. The van der Waals surface area contributed by atoms with Crippen LogP contribution in [0.1, 0.15) is 18.2 Å². The van der Waals surface area contributed by atoms with Crippen LogP contribution in [0.2, 0.25) is 0 Å². The third kappa shape index (κ3) is 1.89. The molecule has 1 aliphatic heterocycles. The van der Waals surface area contributed by atoms with Crippen LogP contribution in [0.3, 0.4) is 0 Å². The smallest absolute Gasteiger partial charge is 0.0947 e. The lowest BCUT2D eigenvalue weighted by Crippen LogP contribution is -2.21. The summed E-state index contributed by atoms with van der Waals surface area (Å²) in [5, 5.41) is 0. The Morgan fingerprint density at radius 2 is 2.62 bits per heavy atom. The maximum absolute atomic E-state index is 6.12. The molecule has 0 amide bonds. The second-order valence-corrected chi connectivity index (χ2v) is 4.76. The van der Waals surface area contributed by atoms with E-state index in [0.717, 1.165) is 5.69 Å². The predicted octanol–water partition coefficient (Wildman–Crippen LogP) is 1.17. The van der Waals surface area contributed by atoms with Crippen molar-refractivity contribution in [3.8, 4) is 0 Å². The van der Waals surface area contributed by atoms with Gasteiger partial charge in [-0.05, 0) is 23.8 Å². The van der Waals surface area contributed by atoms with Crippen LogP contribution in [0.5, 0.6) is 0 Å². The quantitative estimate of drug-likeness (QED) is 0.774. The Balaban J connectivity index is 2.07. The average Bonchev–Trinajstić information content (AvgIpc) is 2.72. The zero-order valence-electron chi connectivity index (χ0n) is 7.81. The number of nitrogens with zero attached hydrogens (tertiary/aromatic N) is 2. The summed E-state index contributed by atoms with van der Waals surface area (Å²) >= 11 is 2.00. The molecule has 0 radical (unpaired) electrons. The first kappa shape index (κ1) is 9.09. The molecule has 13 heavy (non-hydrogen) atoms. The number of aromatic nitrogens is 2. The van der Waals surface area contributed by atoms with Gasteiger partial charge in [0.05, 0.1) is 18.1 Å². The average molecular weight is 197 g/mol. The fourth-order valence-electron chi connectivity index (χ4n) is 1.68. The Bertz CT molecular complexity index is 278. The minimum Gasteiger partial charge on any atom is -0.340 e. The maximum atomic E-state index is 6.12. The molecule has 0 saturated carbocycles. The normalized spacial score (nSPS) is 24.9. The third-order valence-corrected chi connectivity index (χ3v) is 3.73. The van der Waals surface area contributed by atoms with Crippen molar-refractivity contribution >= 4 is 11.8 Å². The molecule has 2 unspecified atom stereocenters. The molecule has 0 bridgehead atoms. The standard InChI is InChI=1S/C9H15N3S/c1-12-4-8(11-6-12)9(10)7-2-3-13-5-7/h4,6-7,9H,2-3,5,10H2,1H3. The number of rotatable bonds is 2. The monoisotopic (exact) mass is 197 g/mol. The van der Waals surface area contributed by atoms with Gasteiger partial charge in [0.25, 0.3) is 0 Å². The topological polar surface area (TPSA) is 43.8 Å². The van der Waals surface area contributed by atoms with Crippen LogP contribution in [0, 0.1) is 5.92 Å². The third-order valence-electron chi connectivity index (χ3n) is 2.54. The van der Waals surface area contributed by atoms with Gasteiger partial charge in [-0.3, -0.25) is 0 Å². The van der Waals surface area contributed by atoms with E-state index in [1.54, 1.807) is 0 Å². The van der Waals surface area contributed by atoms with Crippen molar-refractivity contribution in [3.63, 3.8) is 0 Å². The molecule has 2 atom stereocenters. The predicted molar refractivity (Wildman–Crippen MR) is 55.6 cm³/mol. The summed E-state index contributed by atoms with van der Waals surface area (Å²) < 4.78 is 1.96. The van der Waals surface area contributed by atoms with E-state index in [9.17, 15) is 0 Å². The molecule has 0 spiro atoms. The molecule has 1 saturated heterocycles. The fourth-order valence-corrected chi connectivity index (χ4v) is 3.00. The van der Waals surface area contributed by atoms with Gasteiger partial charge in [-0.2, -0.15) is 11.8 Å². The number of hydrogen-bond donors (Lipinski definition) is 1. The van der Waals surface area contributed by atoms with Crippen molar-refractivity contribution in [1.82, 2.24) is 9.55 Å². The summed E-state index contributed by atoms with van der Waals surface area (Å²) in [5.74, 6) is 3.07. The molecule has 4 heteroatoms. The Morgan fingerprint density at radius 1 is 1.77 bits per heavy atom. The van der Waals surface area contributed by atoms with E-state index >= 15 is 0 Å². The summed E-state index contributed by atoms with van der Waals surface area (Å²) in [6.45, 7) is 0. The Kier molecular flexibility index (Phi) is 2.60. The summed E-state index contributed by atoms with van der Waals surface area (Å²) in [5.41, 5.74) is 7.16. The van der Waals surface area contributed by atoms with Crippen molar-refractivity contribution < 1.29 is 0 Å². The molecule has 2 N–H and O–H groups in total. The van der Waals surface area contributed by atoms with Crippen molar-refractivity contribution in [2.24, 2.45) is 18.7 Å². The zero-order valence-corrected chi connectivity index (χ0v) is 8.63. The summed E-state index contributed by atoms with van der Waals surface area (Å²) in [7, 11) is 1.98. The van der Waals surface area contributed by atoms with E-state index in [1.165, 1.54) is 17.9 Å². The van der Waals surface area contributed by atoms with E-state index in [2.05, 4.69) is 4.98 Å². The van der Waals surface area contributed by atoms with Gasteiger partial charge in [0, 0.05) is 13.2 Å². The van der Waals surface area contributed by atoms with Crippen LogP contribution in [-0.4, -0.2) is 21.1 Å². The Hall–Kier alpha value is -0.480. The number of thioether (sulfide) groups is 1. The van der Waals surface area contributed by atoms with Crippen molar-refractivity contribution in [2.45, 2.75) is 12.5 Å². The number of hydrogen-bond acceptors (Lipinski definition) is 3. The SMILES string of the molecule is Cn1cnc(C(N)C2CCSC2)c1. The van der Waals surface area contributed by atoms with Crippen LogP contribution < -0.4 is 5.73 Å². The summed E-state index contributed by atoms with van der Waals surface area (Å²) in [6, 6.07) is 0.135. The van der Waals surface area contributed by atoms with Gasteiger partial charge in [-0.15, -0.1) is 0 Å². The van der Waals surface area contributed by atoms with Gasteiger partial charge >= 0.3 is 0 Å². The van der Waals surface area contributed by atoms with Gasteiger partial charge in [0.1, 0.15) is 0 Å². The number of aryl methyl sites for hydroxylation is 1. The van der Waals surface area contributed by atoms with E-state index in [-0.39, 0.29) is 6.04 Å². The first-order valence-corrected chi connectivity index (χ1v) is 5.74. The highest BCUT2D eigenvalue weighted by Crippen LogP contribution is 2.31. The minimum atomic E-state index is 0.135. The molecular weight excluding hydrogens is 182 g/mol. The first-order valence-electron chi connectivity index (χ1n) is 4.58. The zero-order chi connectivity index (χ0) is 9.26. The van der Waals surface area contributed by atoms with E-state index in [4.69, 9.17) is 5.73 Å². The second-order valence-electron chi connectivity index (χ2n) is 3.61.